The Balaban J connectivity index is 2.45. The van der Waals surface area contributed by atoms with Gasteiger partial charge in [0.05, 0.1) is 5.25 Å². The van der Waals surface area contributed by atoms with Crippen molar-refractivity contribution in [3.8, 4) is 0 Å². The summed E-state index contributed by atoms with van der Waals surface area (Å²) in [6.45, 7) is 4.28. The molecule has 0 aliphatic rings. The van der Waals surface area contributed by atoms with Crippen LogP contribution in [0, 0.1) is 0 Å². The lowest BCUT2D eigenvalue weighted by Crippen LogP contribution is -2.18. The maximum absolute atomic E-state index is 3.37. The third kappa shape index (κ3) is 2.81. The molecule has 0 aliphatic heterocycles. The van der Waals surface area contributed by atoms with E-state index in [0.29, 0.717) is 5.25 Å². The molecule has 0 aliphatic carbocycles. The van der Waals surface area contributed by atoms with Gasteiger partial charge in [-0.1, -0.05) is 13.0 Å². The van der Waals surface area contributed by atoms with Crippen molar-refractivity contribution in [1.82, 2.24) is 5.32 Å². The summed E-state index contributed by atoms with van der Waals surface area (Å²) >= 11 is 3.76. The van der Waals surface area contributed by atoms with Crippen LogP contribution in [0.2, 0.25) is 0 Å². The highest BCUT2D eigenvalue weighted by Gasteiger charge is 2.09. The highest BCUT2D eigenvalue weighted by atomic mass is 32.2. The quantitative estimate of drug-likeness (QED) is 0.786. The molecule has 0 aromatic carbocycles. The average molecular weight is 201 g/mol. The third-order valence-electron chi connectivity index (χ3n) is 1.72. The van der Waals surface area contributed by atoms with Crippen LogP contribution in [-0.4, -0.2) is 19.3 Å². The number of thioether (sulfide) groups is 1. The Morgan fingerprint density at radius 3 is 3.00 bits per heavy atom. The molecule has 1 heterocycles. The van der Waals surface area contributed by atoms with Gasteiger partial charge in [0.2, 0.25) is 0 Å². The highest BCUT2D eigenvalue weighted by Crippen LogP contribution is 2.29. The van der Waals surface area contributed by atoms with E-state index in [1.165, 1.54) is 4.88 Å². The van der Waals surface area contributed by atoms with Gasteiger partial charge in [-0.15, -0.1) is 11.3 Å². The van der Waals surface area contributed by atoms with Crippen molar-refractivity contribution in [2.75, 3.05) is 19.3 Å². The first kappa shape index (κ1) is 10.1. The van der Waals surface area contributed by atoms with Crippen LogP contribution in [0.3, 0.4) is 0 Å². The molecule has 1 nitrogen and oxygen atoms in total. The van der Waals surface area contributed by atoms with E-state index in [0.717, 1.165) is 13.1 Å². The molecule has 1 unspecified atom stereocenters. The fraction of sp³-hybridized carbons (Fsp3) is 0.556. The number of likely N-dealkylation sites (N-methyl/N-ethyl adjacent to an activating group) is 1. The molecular formula is C9H15NS2. The summed E-state index contributed by atoms with van der Waals surface area (Å²) in [6.07, 6.45) is 2.17. The molecule has 0 saturated heterocycles. The normalized spacial score (nSPS) is 13.2. The van der Waals surface area contributed by atoms with E-state index in [2.05, 4.69) is 36.0 Å². The lowest BCUT2D eigenvalue weighted by molar-refractivity contribution is 0.713. The average Bonchev–Trinajstić information content (AvgIpc) is 2.59. The molecule has 12 heavy (non-hydrogen) atoms. The van der Waals surface area contributed by atoms with Crippen LogP contribution in [0.1, 0.15) is 17.1 Å². The van der Waals surface area contributed by atoms with E-state index < -0.39 is 0 Å². The van der Waals surface area contributed by atoms with Crippen LogP contribution < -0.4 is 5.32 Å². The van der Waals surface area contributed by atoms with Crippen molar-refractivity contribution in [3.63, 3.8) is 0 Å². The van der Waals surface area contributed by atoms with Crippen LogP contribution >= 0.6 is 23.1 Å². The summed E-state index contributed by atoms with van der Waals surface area (Å²) in [6, 6.07) is 4.33. The van der Waals surface area contributed by atoms with Gasteiger partial charge < -0.3 is 5.32 Å². The maximum atomic E-state index is 3.37. The second-order valence-electron chi connectivity index (χ2n) is 2.55. The molecule has 0 saturated carbocycles. The Morgan fingerprint density at radius 1 is 1.67 bits per heavy atom. The van der Waals surface area contributed by atoms with E-state index in [-0.39, 0.29) is 0 Å². The Bertz CT molecular complexity index is 196. The van der Waals surface area contributed by atoms with Crippen LogP contribution in [0.5, 0.6) is 0 Å². The first-order valence-electron chi connectivity index (χ1n) is 4.15. The SMILES string of the molecule is CCNCC(SC)c1cccs1. The summed E-state index contributed by atoms with van der Waals surface area (Å²) in [4.78, 5) is 1.48. The van der Waals surface area contributed by atoms with Gasteiger partial charge in [-0.25, -0.2) is 0 Å². The molecule has 1 atom stereocenters. The van der Waals surface area contributed by atoms with Crippen molar-refractivity contribution in [1.29, 1.82) is 0 Å². The fourth-order valence-electron chi connectivity index (χ4n) is 1.05. The van der Waals surface area contributed by atoms with E-state index in [4.69, 9.17) is 0 Å². The number of hydrogen-bond donors (Lipinski definition) is 1. The van der Waals surface area contributed by atoms with Gasteiger partial charge >= 0.3 is 0 Å². The van der Waals surface area contributed by atoms with E-state index in [1.807, 2.05) is 23.1 Å². The van der Waals surface area contributed by atoms with E-state index in [9.17, 15) is 0 Å². The zero-order valence-corrected chi connectivity index (χ0v) is 9.17. The van der Waals surface area contributed by atoms with Gasteiger partial charge in [-0.05, 0) is 24.2 Å². The van der Waals surface area contributed by atoms with E-state index >= 15 is 0 Å². The van der Waals surface area contributed by atoms with Gasteiger partial charge in [-0.3, -0.25) is 0 Å². The maximum Gasteiger partial charge on any atom is 0.0512 e. The molecule has 1 N–H and O–H groups in total. The topological polar surface area (TPSA) is 12.0 Å². The fourth-order valence-corrected chi connectivity index (χ4v) is 2.81. The standard InChI is InChI=1S/C9H15NS2/c1-3-10-7-9(11-2)8-5-4-6-12-8/h4-6,9-10H,3,7H2,1-2H3. The molecular weight excluding hydrogens is 186 g/mol. The molecule has 0 fully saturated rings. The van der Waals surface area contributed by atoms with Gasteiger partial charge in [0, 0.05) is 11.4 Å². The number of rotatable bonds is 5. The number of hydrogen-bond acceptors (Lipinski definition) is 3. The van der Waals surface area contributed by atoms with Gasteiger partial charge in [0.15, 0.2) is 0 Å². The Labute approximate surface area is 82.6 Å². The minimum atomic E-state index is 0.630. The molecule has 3 heteroatoms. The molecule has 0 bridgehead atoms. The summed E-state index contributed by atoms with van der Waals surface area (Å²) < 4.78 is 0. The van der Waals surface area contributed by atoms with Crippen molar-refractivity contribution in [2.24, 2.45) is 0 Å². The van der Waals surface area contributed by atoms with E-state index in [1.54, 1.807) is 0 Å². The van der Waals surface area contributed by atoms with Crippen molar-refractivity contribution >= 4 is 23.1 Å². The predicted molar refractivity (Wildman–Crippen MR) is 59.1 cm³/mol. The van der Waals surface area contributed by atoms with Crippen molar-refractivity contribution in [3.05, 3.63) is 22.4 Å². The monoisotopic (exact) mass is 201 g/mol. The zero-order valence-electron chi connectivity index (χ0n) is 7.54. The molecule has 1 aromatic rings. The van der Waals surface area contributed by atoms with Crippen molar-refractivity contribution < 1.29 is 0 Å². The molecule has 0 amide bonds. The number of nitrogens with one attached hydrogen (secondary N) is 1. The minimum absolute atomic E-state index is 0.630. The minimum Gasteiger partial charge on any atom is -0.316 e. The first-order chi connectivity index (χ1) is 5.88. The Hall–Kier alpha value is 0.01000. The van der Waals surface area contributed by atoms with Crippen LogP contribution in [0.4, 0.5) is 0 Å². The summed E-state index contributed by atoms with van der Waals surface area (Å²) in [7, 11) is 0. The van der Waals surface area contributed by atoms with Gasteiger partial charge in [-0.2, -0.15) is 11.8 Å². The summed E-state index contributed by atoms with van der Waals surface area (Å²) in [5.41, 5.74) is 0. The second-order valence-corrected chi connectivity index (χ2v) is 4.57. The smallest absolute Gasteiger partial charge is 0.0512 e. The Morgan fingerprint density at radius 2 is 2.50 bits per heavy atom. The molecule has 68 valence electrons. The van der Waals surface area contributed by atoms with Crippen LogP contribution in [-0.2, 0) is 0 Å². The van der Waals surface area contributed by atoms with Crippen molar-refractivity contribution in [2.45, 2.75) is 12.2 Å². The first-order valence-corrected chi connectivity index (χ1v) is 6.32. The van der Waals surface area contributed by atoms with Gasteiger partial charge in [0.1, 0.15) is 0 Å². The van der Waals surface area contributed by atoms with Gasteiger partial charge in [0.25, 0.3) is 0 Å². The highest BCUT2D eigenvalue weighted by molar-refractivity contribution is 7.99. The predicted octanol–water partition coefficient (Wildman–Crippen LogP) is 2.76. The zero-order chi connectivity index (χ0) is 8.81. The number of thiophene rings is 1. The Kier molecular flexibility index (Phi) is 4.73. The molecule has 1 rings (SSSR count). The molecule has 0 spiro atoms. The lowest BCUT2D eigenvalue weighted by Gasteiger charge is -2.12. The largest absolute Gasteiger partial charge is 0.316 e. The third-order valence-corrected chi connectivity index (χ3v) is 3.85. The summed E-state index contributed by atoms with van der Waals surface area (Å²) in [5, 5.41) is 6.15. The second kappa shape index (κ2) is 5.62. The summed E-state index contributed by atoms with van der Waals surface area (Å²) in [5.74, 6) is 0. The van der Waals surface area contributed by atoms with Crippen LogP contribution in [0.25, 0.3) is 0 Å². The molecule has 0 radical (unpaired) electrons. The van der Waals surface area contributed by atoms with Crippen LogP contribution in [0.15, 0.2) is 17.5 Å². The lowest BCUT2D eigenvalue weighted by atomic mass is 10.3. The molecule has 1 aromatic heterocycles.